The summed E-state index contributed by atoms with van der Waals surface area (Å²) in [5.41, 5.74) is 5.28. The predicted octanol–water partition coefficient (Wildman–Crippen LogP) is -0.170. The van der Waals surface area contributed by atoms with Gasteiger partial charge in [0, 0.05) is 13.5 Å². The van der Waals surface area contributed by atoms with Crippen LogP contribution in [0.15, 0.2) is 0 Å². The van der Waals surface area contributed by atoms with Gasteiger partial charge in [-0.05, 0) is 6.92 Å². The zero-order chi connectivity index (χ0) is 10.3. The Bertz CT molecular complexity index is 181. The van der Waals surface area contributed by atoms with E-state index in [2.05, 4.69) is 4.74 Å². The normalized spacial score (nSPS) is 11.9. The molecule has 0 heterocycles. The lowest BCUT2D eigenvalue weighted by Gasteiger charge is -2.13. The lowest BCUT2D eigenvalue weighted by Crippen LogP contribution is -2.29. The Kier molecular flexibility index (Phi) is 5.88. The molecule has 0 bridgehead atoms. The van der Waals surface area contributed by atoms with E-state index in [1.165, 1.54) is 6.92 Å². The topological polar surface area (TPSA) is 78.6 Å². The van der Waals surface area contributed by atoms with Gasteiger partial charge in [-0.25, -0.2) is 0 Å². The van der Waals surface area contributed by atoms with E-state index in [0.717, 1.165) is 0 Å². The summed E-state index contributed by atoms with van der Waals surface area (Å²) in [7, 11) is 0. The van der Waals surface area contributed by atoms with Crippen LogP contribution in [0, 0.1) is 0 Å². The van der Waals surface area contributed by atoms with Gasteiger partial charge in [0.1, 0.15) is 6.10 Å². The maximum absolute atomic E-state index is 10.9. The Labute approximate surface area is 77.2 Å². The van der Waals surface area contributed by atoms with Crippen molar-refractivity contribution in [3.05, 3.63) is 0 Å². The molecule has 1 atom stereocenters. The first-order valence-corrected chi connectivity index (χ1v) is 4.13. The molecule has 0 radical (unpaired) electrons. The van der Waals surface area contributed by atoms with Crippen LogP contribution in [0.3, 0.4) is 0 Å². The summed E-state index contributed by atoms with van der Waals surface area (Å²) in [5.74, 6) is -0.848. The third-order valence-electron chi connectivity index (χ3n) is 1.30. The molecule has 0 amide bonds. The molecule has 0 fully saturated rings. The van der Waals surface area contributed by atoms with Crippen LogP contribution in [0.25, 0.3) is 0 Å². The van der Waals surface area contributed by atoms with Gasteiger partial charge in [0.15, 0.2) is 0 Å². The van der Waals surface area contributed by atoms with Crippen molar-refractivity contribution in [3.63, 3.8) is 0 Å². The Morgan fingerprint density at radius 2 is 2.08 bits per heavy atom. The zero-order valence-electron chi connectivity index (χ0n) is 7.91. The van der Waals surface area contributed by atoms with E-state index in [0.29, 0.717) is 6.61 Å². The van der Waals surface area contributed by atoms with Gasteiger partial charge in [-0.3, -0.25) is 9.59 Å². The van der Waals surface area contributed by atoms with Crippen LogP contribution in [0.2, 0.25) is 0 Å². The molecule has 0 spiro atoms. The molecule has 0 aliphatic carbocycles. The minimum absolute atomic E-state index is 0.0178. The van der Waals surface area contributed by atoms with Gasteiger partial charge in [-0.1, -0.05) is 0 Å². The van der Waals surface area contributed by atoms with Crippen LogP contribution in [0.1, 0.15) is 20.3 Å². The van der Waals surface area contributed by atoms with Crippen molar-refractivity contribution in [2.45, 2.75) is 26.4 Å². The fraction of sp³-hybridized carbons (Fsp3) is 0.750. The lowest BCUT2D eigenvalue weighted by atomic mass is 10.2. The summed E-state index contributed by atoms with van der Waals surface area (Å²) in [5, 5.41) is 0. The summed E-state index contributed by atoms with van der Waals surface area (Å²) in [6.45, 7) is 3.42. The number of rotatable bonds is 5. The average Bonchev–Trinajstić information content (AvgIpc) is 2.02. The highest BCUT2D eigenvalue weighted by Crippen LogP contribution is 1.99. The zero-order valence-corrected chi connectivity index (χ0v) is 7.91. The second-order valence-corrected chi connectivity index (χ2v) is 2.48. The number of carbonyl (C=O) groups is 2. The van der Waals surface area contributed by atoms with Crippen LogP contribution in [-0.2, 0) is 19.1 Å². The minimum atomic E-state index is -0.573. The molecule has 0 saturated carbocycles. The third-order valence-corrected chi connectivity index (χ3v) is 1.30. The number of hydrogen-bond acceptors (Lipinski definition) is 5. The van der Waals surface area contributed by atoms with Crippen molar-refractivity contribution in [2.75, 3.05) is 13.2 Å². The molecule has 0 aromatic rings. The highest BCUT2D eigenvalue weighted by Gasteiger charge is 2.15. The fourth-order valence-electron chi connectivity index (χ4n) is 0.814. The number of ether oxygens (including phenoxy) is 2. The van der Waals surface area contributed by atoms with E-state index in [9.17, 15) is 9.59 Å². The van der Waals surface area contributed by atoms with Crippen molar-refractivity contribution in [1.29, 1.82) is 0 Å². The highest BCUT2D eigenvalue weighted by molar-refractivity contribution is 5.71. The Hall–Kier alpha value is -1.10. The summed E-state index contributed by atoms with van der Waals surface area (Å²) >= 11 is 0. The number of esters is 2. The minimum Gasteiger partial charge on any atom is -0.466 e. The van der Waals surface area contributed by atoms with Crippen molar-refractivity contribution in [1.82, 2.24) is 0 Å². The molecule has 0 aromatic heterocycles. The standard InChI is InChI=1S/C8H15NO4/c1-3-12-8(11)4-7(5-9)13-6(2)10/h7H,3-5,9H2,1-2H3. The Morgan fingerprint density at radius 1 is 1.46 bits per heavy atom. The third kappa shape index (κ3) is 6.10. The van der Waals surface area contributed by atoms with Gasteiger partial charge < -0.3 is 15.2 Å². The largest absolute Gasteiger partial charge is 0.466 e. The summed E-state index contributed by atoms with van der Waals surface area (Å²) in [4.78, 5) is 21.4. The van der Waals surface area contributed by atoms with Gasteiger partial charge in [-0.2, -0.15) is 0 Å². The molecule has 0 aliphatic heterocycles. The summed E-state index contributed by atoms with van der Waals surface area (Å²) in [6, 6.07) is 0. The van der Waals surface area contributed by atoms with Crippen LogP contribution in [0.4, 0.5) is 0 Å². The van der Waals surface area contributed by atoms with Crippen molar-refractivity contribution in [3.8, 4) is 0 Å². The number of nitrogens with two attached hydrogens (primary N) is 1. The van der Waals surface area contributed by atoms with E-state index in [1.807, 2.05) is 0 Å². The number of carbonyl (C=O) groups excluding carboxylic acids is 2. The molecule has 5 nitrogen and oxygen atoms in total. The Morgan fingerprint density at radius 3 is 2.46 bits per heavy atom. The fourth-order valence-corrected chi connectivity index (χ4v) is 0.814. The first kappa shape index (κ1) is 11.9. The van der Waals surface area contributed by atoms with E-state index in [1.54, 1.807) is 6.92 Å². The first-order chi connectivity index (χ1) is 6.10. The second-order valence-electron chi connectivity index (χ2n) is 2.48. The van der Waals surface area contributed by atoms with Crippen molar-refractivity contribution < 1.29 is 19.1 Å². The molecule has 1 unspecified atom stereocenters. The summed E-state index contributed by atoms with van der Waals surface area (Å²) < 4.78 is 9.42. The molecular formula is C8H15NO4. The summed E-state index contributed by atoms with van der Waals surface area (Å²) in [6.07, 6.45) is -0.555. The maximum Gasteiger partial charge on any atom is 0.309 e. The Balaban J connectivity index is 3.83. The quantitative estimate of drug-likeness (QED) is 0.607. The van der Waals surface area contributed by atoms with Gasteiger partial charge in [0.25, 0.3) is 0 Å². The molecule has 0 aliphatic rings. The van der Waals surface area contributed by atoms with Crippen LogP contribution in [-0.4, -0.2) is 31.2 Å². The second kappa shape index (κ2) is 6.42. The van der Waals surface area contributed by atoms with Gasteiger partial charge in [0.2, 0.25) is 0 Å². The smallest absolute Gasteiger partial charge is 0.309 e. The van der Waals surface area contributed by atoms with Crippen LogP contribution < -0.4 is 5.73 Å². The van der Waals surface area contributed by atoms with E-state index in [-0.39, 0.29) is 13.0 Å². The molecule has 5 heteroatoms. The van der Waals surface area contributed by atoms with E-state index >= 15 is 0 Å². The van der Waals surface area contributed by atoms with Gasteiger partial charge in [-0.15, -0.1) is 0 Å². The first-order valence-electron chi connectivity index (χ1n) is 4.13. The molecule has 2 N–H and O–H groups in total. The van der Waals surface area contributed by atoms with Crippen molar-refractivity contribution in [2.24, 2.45) is 5.73 Å². The SMILES string of the molecule is CCOC(=O)CC(CN)OC(C)=O. The van der Waals surface area contributed by atoms with Crippen LogP contribution >= 0.6 is 0 Å². The van der Waals surface area contributed by atoms with Crippen molar-refractivity contribution >= 4 is 11.9 Å². The monoisotopic (exact) mass is 189 g/mol. The lowest BCUT2D eigenvalue weighted by molar-refractivity contribution is -0.152. The molecule has 76 valence electrons. The average molecular weight is 189 g/mol. The maximum atomic E-state index is 10.9. The molecule has 13 heavy (non-hydrogen) atoms. The van der Waals surface area contributed by atoms with Gasteiger partial charge >= 0.3 is 11.9 Å². The number of hydrogen-bond donors (Lipinski definition) is 1. The molecule has 0 rings (SSSR count). The molecule has 0 aromatic carbocycles. The van der Waals surface area contributed by atoms with Gasteiger partial charge in [0.05, 0.1) is 13.0 Å². The predicted molar refractivity (Wildman–Crippen MR) is 45.9 cm³/mol. The molecule has 0 saturated heterocycles. The molecular weight excluding hydrogens is 174 g/mol. The van der Waals surface area contributed by atoms with Crippen LogP contribution in [0.5, 0.6) is 0 Å². The highest BCUT2D eigenvalue weighted by atomic mass is 16.6. The van der Waals surface area contributed by atoms with E-state index < -0.39 is 18.0 Å². The van der Waals surface area contributed by atoms with E-state index in [4.69, 9.17) is 10.5 Å².